The maximum Gasteiger partial charge on any atom is 0.274 e. The number of carbonyl (C=O) groups is 1. The molecule has 0 unspecified atom stereocenters. The summed E-state index contributed by atoms with van der Waals surface area (Å²) in [7, 11) is 1.70. The number of aryl methyl sites for hydroxylation is 1. The summed E-state index contributed by atoms with van der Waals surface area (Å²) in [6.45, 7) is 3.68. The summed E-state index contributed by atoms with van der Waals surface area (Å²) in [5, 5.41) is 16.9. The maximum atomic E-state index is 12.3. The quantitative estimate of drug-likeness (QED) is 0.846. The second-order valence-corrected chi connectivity index (χ2v) is 5.71. The van der Waals surface area contributed by atoms with Gasteiger partial charge in [-0.3, -0.25) is 9.89 Å². The van der Waals surface area contributed by atoms with Crippen LogP contribution in [-0.4, -0.2) is 45.3 Å². The van der Waals surface area contributed by atoms with Crippen LogP contribution in [-0.2, 0) is 12.8 Å². The van der Waals surface area contributed by atoms with Gasteiger partial charge in [0, 0.05) is 24.8 Å². The van der Waals surface area contributed by atoms with Gasteiger partial charge in [-0.25, -0.2) is 0 Å². The fourth-order valence-electron chi connectivity index (χ4n) is 2.49. The summed E-state index contributed by atoms with van der Waals surface area (Å²) in [4.78, 5) is 13.8. The molecule has 0 fully saturated rings. The van der Waals surface area contributed by atoms with Crippen molar-refractivity contribution in [3.8, 4) is 0 Å². The molecule has 2 N–H and O–H groups in total. The standard InChI is InChI=1S/C13H21N3O2/c1-13(2,18)8-16(3)12(17)11-9-6-4-5-7-10(9)14-15-11/h18H,4-8H2,1-3H3,(H,14,15). The van der Waals surface area contributed by atoms with Crippen LogP contribution in [0.1, 0.15) is 48.4 Å². The van der Waals surface area contributed by atoms with Crippen molar-refractivity contribution in [2.24, 2.45) is 0 Å². The molecule has 1 aromatic rings. The van der Waals surface area contributed by atoms with E-state index < -0.39 is 5.60 Å². The zero-order valence-corrected chi connectivity index (χ0v) is 11.3. The molecule has 1 aliphatic rings. The largest absolute Gasteiger partial charge is 0.389 e. The molecule has 0 bridgehead atoms. The van der Waals surface area contributed by atoms with Crippen LogP contribution < -0.4 is 0 Å². The van der Waals surface area contributed by atoms with E-state index in [-0.39, 0.29) is 5.91 Å². The van der Waals surface area contributed by atoms with E-state index in [1.165, 1.54) is 4.90 Å². The summed E-state index contributed by atoms with van der Waals surface area (Å²) in [5.41, 5.74) is 1.80. The molecular weight excluding hydrogens is 230 g/mol. The molecule has 0 aliphatic heterocycles. The van der Waals surface area contributed by atoms with Crippen molar-refractivity contribution in [3.63, 3.8) is 0 Å². The van der Waals surface area contributed by atoms with Crippen molar-refractivity contribution in [1.29, 1.82) is 0 Å². The van der Waals surface area contributed by atoms with Gasteiger partial charge in [-0.15, -0.1) is 0 Å². The van der Waals surface area contributed by atoms with E-state index in [4.69, 9.17) is 0 Å². The highest BCUT2D eigenvalue weighted by atomic mass is 16.3. The molecule has 0 atom stereocenters. The van der Waals surface area contributed by atoms with Gasteiger partial charge in [-0.1, -0.05) is 0 Å². The predicted molar refractivity (Wildman–Crippen MR) is 68.5 cm³/mol. The Hall–Kier alpha value is -1.36. The number of hydrogen-bond donors (Lipinski definition) is 2. The van der Waals surface area contributed by atoms with Crippen LogP contribution in [0.5, 0.6) is 0 Å². The predicted octanol–water partition coefficient (Wildman–Crippen LogP) is 1.13. The summed E-state index contributed by atoms with van der Waals surface area (Å²) in [5.74, 6) is -0.114. The summed E-state index contributed by atoms with van der Waals surface area (Å²) in [6, 6.07) is 0. The summed E-state index contributed by atoms with van der Waals surface area (Å²) in [6.07, 6.45) is 4.17. The van der Waals surface area contributed by atoms with E-state index in [0.717, 1.165) is 36.9 Å². The minimum Gasteiger partial charge on any atom is -0.389 e. The van der Waals surface area contributed by atoms with Gasteiger partial charge >= 0.3 is 0 Å². The van der Waals surface area contributed by atoms with Crippen LogP contribution in [0.15, 0.2) is 0 Å². The van der Waals surface area contributed by atoms with Crippen molar-refractivity contribution in [2.75, 3.05) is 13.6 Å². The lowest BCUT2D eigenvalue weighted by atomic mass is 9.95. The number of likely N-dealkylation sites (N-methyl/N-ethyl adjacent to an activating group) is 1. The van der Waals surface area contributed by atoms with Crippen molar-refractivity contribution < 1.29 is 9.90 Å². The fraction of sp³-hybridized carbons (Fsp3) is 0.692. The number of aromatic nitrogens is 2. The first-order chi connectivity index (χ1) is 8.38. The van der Waals surface area contributed by atoms with Gasteiger partial charge in [-0.2, -0.15) is 5.10 Å². The minimum atomic E-state index is -0.888. The fourth-order valence-corrected chi connectivity index (χ4v) is 2.49. The van der Waals surface area contributed by atoms with E-state index >= 15 is 0 Å². The monoisotopic (exact) mass is 251 g/mol. The molecule has 0 spiro atoms. The number of aliphatic hydroxyl groups is 1. The van der Waals surface area contributed by atoms with Crippen molar-refractivity contribution in [2.45, 2.75) is 45.1 Å². The molecule has 2 rings (SSSR count). The lowest BCUT2D eigenvalue weighted by Gasteiger charge is -2.25. The van der Waals surface area contributed by atoms with Crippen molar-refractivity contribution >= 4 is 5.91 Å². The van der Waals surface area contributed by atoms with E-state index in [0.29, 0.717) is 12.2 Å². The molecule has 18 heavy (non-hydrogen) atoms. The first-order valence-electron chi connectivity index (χ1n) is 6.42. The Morgan fingerprint density at radius 3 is 2.78 bits per heavy atom. The Kier molecular flexibility index (Phi) is 3.43. The van der Waals surface area contributed by atoms with Crippen molar-refractivity contribution in [1.82, 2.24) is 15.1 Å². The molecule has 0 saturated carbocycles. The van der Waals surface area contributed by atoms with Crippen LogP contribution >= 0.6 is 0 Å². The average Bonchev–Trinajstić information content (AvgIpc) is 2.69. The van der Waals surface area contributed by atoms with Gasteiger partial charge in [0.2, 0.25) is 0 Å². The minimum absolute atomic E-state index is 0.114. The van der Waals surface area contributed by atoms with Crippen LogP contribution in [0.2, 0.25) is 0 Å². The Balaban J connectivity index is 2.16. The normalized spacial score (nSPS) is 15.3. The lowest BCUT2D eigenvalue weighted by molar-refractivity contribution is 0.0364. The third kappa shape index (κ3) is 2.72. The third-order valence-electron chi connectivity index (χ3n) is 3.23. The number of rotatable bonds is 3. The summed E-state index contributed by atoms with van der Waals surface area (Å²) < 4.78 is 0. The molecule has 1 amide bonds. The van der Waals surface area contributed by atoms with E-state index in [1.807, 2.05) is 0 Å². The number of amides is 1. The zero-order valence-electron chi connectivity index (χ0n) is 11.3. The topological polar surface area (TPSA) is 69.2 Å². The second kappa shape index (κ2) is 4.72. The summed E-state index contributed by atoms with van der Waals surface area (Å²) >= 11 is 0. The van der Waals surface area contributed by atoms with E-state index in [2.05, 4.69) is 10.2 Å². The van der Waals surface area contributed by atoms with Gasteiger partial charge in [0.25, 0.3) is 5.91 Å². The number of carbonyl (C=O) groups excluding carboxylic acids is 1. The van der Waals surface area contributed by atoms with Gasteiger partial charge in [-0.05, 0) is 39.5 Å². The number of aromatic amines is 1. The van der Waals surface area contributed by atoms with Gasteiger partial charge in [0.1, 0.15) is 0 Å². The molecule has 0 radical (unpaired) electrons. The van der Waals surface area contributed by atoms with Crippen LogP contribution in [0.3, 0.4) is 0 Å². The number of nitrogens with zero attached hydrogens (tertiary/aromatic N) is 2. The van der Waals surface area contributed by atoms with Crippen LogP contribution in [0.4, 0.5) is 0 Å². The first kappa shape index (κ1) is 13.1. The average molecular weight is 251 g/mol. The molecular formula is C13H21N3O2. The lowest BCUT2D eigenvalue weighted by Crippen LogP contribution is -2.40. The highest BCUT2D eigenvalue weighted by molar-refractivity contribution is 5.94. The Bertz CT molecular complexity index is 446. The van der Waals surface area contributed by atoms with Crippen LogP contribution in [0, 0.1) is 0 Å². The second-order valence-electron chi connectivity index (χ2n) is 5.71. The molecule has 0 aromatic carbocycles. The SMILES string of the molecule is CN(CC(C)(C)O)C(=O)c1n[nH]c2c1CCCC2. The molecule has 1 aliphatic carbocycles. The molecule has 1 heterocycles. The highest BCUT2D eigenvalue weighted by Gasteiger charge is 2.26. The van der Waals surface area contributed by atoms with Gasteiger partial charge < -0.3 is 10.0 Å². The smallest absolute Gasteiger partial charge is 0.274 e. The maximum absolute atomic E-state index is 12.3. The number of hydrogen-bond acceptors (Lipinski definition) is 3. The zero-order chi connectivity index (χ0) is 13.3. The Morgan fingerprint density at radius 1 is 1.44 bits per heavy atom. The molecule has 0 saturated heterocycles. The third-order valence-corrected chi connectivity index (χ3v) is 3.23. The van der Waals surface area contributed by atoms with E-state index in [9.17, 15) is 9.90 Å². The molecule has 5 heteroatoms. The van der Waals surface area contributed by atoms with E-state index in [1.54, 1.807) is 20.9 Å². The molecule has 1 aromatic heterocycles. The molecule has 5 nitrogen and oxygen atoms in total. The highest BCUT2D eigenvalue weighted by Crippen LogP contribution is 2.23. The van der Waals surface area contributed by atoms with Gasteiger partial charge in [0.15, 0.2) is 5.69 Å². The van der Waals surface area contributed by atoms with Crippen molar-refractivity contribution in [3.05, 3.63) is 17.0 Å². The Labute approximate surface area is 107 Å². The first-order valence-corrected chi connectivity index (χ1v) is 6.42. The number of nitrogens with one attached hydrogen (secondary N) is 1. The Morgan fingerprint density at radius 2 is 2.11 bits per heavy atom. The van der Waals surface area contributed by atoms with Gasteiger partial charge in [0.05, 0.1) is 5.60 Å². The van der Waals surface area contributed by atoms with Crippen LogP contribution in [0.25, 0.3) is 0 Å². The molecule has 100 valence electrons. The number of fused-ring (bicyclic) bond motifs is 1. The number of H-pyrrole nitrogens is 1.